The van der Waals surface area contributed by atoms with E-state index in [-0.39, 0.29) is 11.7 Å². The normalized spacial score (nSPS) is 25.7. The number of rotatable bonds is 5. The number of benzene rings is 1. The third kappa shape index (κ3) is 3.50. The number of Topliss-reactive ketones (excluding diaryl/α,β-unsaturated/α-hetero) is 1. The van der Waals surface area contributed by atoms with E-state index in [0.717, 1.165) is 19.4 Å². The van der Waals surface area contributed by atoms with Crippen molar-refractivity contribution in [2.45, 2.75) is 31.5 Å². The van der Waals surface area contributed by atoms with E-state index in [1.165, 1.54) is 5.56 Å². The Morgan fingerprint density at radius 1 is 1.15 bits per heavy atom. The van der Waals surface area contributed by atoms with E-state index in [1.807, 2.05) is 12.1 Å². The van der Waals surface area contributed by atoms with Crippen LogP contribution in [0.1, 0.15) is 28.8 Å². The van der Waals surface area contributed by atoms with E-state index < -0.39 is 0 Å². The van der Waals surface area contributed by atoms with E-state index in [4.69, 9.17) is 9.47 Å². The lowest BCUT2D eigenvalue weighted by atomic mass is 9.80. The first-order valence-corrected chi connectivity index (χ1v) is 9.16. The molecule has 2 aromatic rings. The van der Waals surface area contributed by atoms with Gasteiger partial charge in [0.25, 0.3) is 0 Å². The van der Waals surface area contributed by atoms with Crippen LogP contribution in [0.3, 0.4) is 0 Å². The number of nitrogens with zero attached hydrogens (tertiary/aromatic N) is 2. The van der Waals surface area contributed by atoms with E-state index in [9.17, 15) is 4.79 Å². The minimum absolute atomic E-state index is 0.0381. The molecule has 136 valence electrons. The lowest BCUT2D eigenvalue weighted by Gasteiger charge is -2.48. The number of fused-ring (bicyclic) bond motifs is 2. The molecule has 0 saturated carbocycles. The number of carbonyl (C=O) groups is 1. The summed E-state index contributed by atoms with van der Waals surface area (Å²) in [6.07, 6.45) is 3.31. The predicted molar refractivity (Wildman–Crippen MR) is 98.2 cm³/mol. The maximum atomic E-state index is 13.0. The molecule has 0 amide bonds. The summed E-state index contributed by atoms with van der Waals surface area (Å²) in [5.41, 5.74) is 1.99. The van der Waals surface area contributed by atoms with Crippen molar-refractivity contribution in [3.05, 3.63) is 59.8 Å². The summed E-state index contributed by atoms with van der Waals surface area (Å²) in [5.74, 6) is 0.761. The number of carbonyl (C=O) groups excluding carboxylic acids is 1. The minimum atomic E-state index is 0.0381. The van der Waals surface area contributed by atoms with Crippen LogP contribution in [0.4, 0.5) is 0 Å². The lowest BCUT2D eigenvalue weighted by Crippen LogP contribution is -2.57. The smallest absolute Gasteiger partial charge is 0.212 e. The maximum Gasteiger partial charge on any atom is 0.212 e. The molecule has 0 N–H and O–H groups in total. The van der Waals surface area contributed by atoms with Crippen LogP contribution in [0.25, 0.3) is 0 Å². The molecule has 2 aliphatic rings. The second kappa shape index (κ2) is 7.56. The highest BCUT2D eigenvalue weighted by molar-refractivity contribution is 5.97. The molecular formula is C21H24N2O3. The zero-order valence-corrected chi connectivity index (χ0v) is 15.0. The van der Waals surface area contributed by atoms with Crippen molar-refractivity contribution < 1.29 is 14.3 Å². The van der Waals surface area contributed by atoms with Gasteiger partial charge in [0.05, 0.1) is 20.3 Å². The summed E-state index contributed by atoms with van der Waals surface area (Å²) in [6.45, 7) is 2.33. The summed E-state index contributed by atoms with van der Waals surface area (Å²) in [7, 11) is 1.58. The van der Waals surface area contributed by atoms with Gasteiger partial charge in [-0.25, -0.2) is 4.98 Å². The molecule has 2 fully saturated rings. The highest BCUT2D eigenvalue weighted by Crippen LogP contribution is 2.34. The van der Waals surface area contributed by atoms with Crippen LogP contribution in [0, 0.1) is 5.92 Å². The SMILES string of the molecule is COc1ccc(C(=O)C2CC3COCC(C2)N3Cc2ccccc2)cn1. The highest BCUT2D eigenvalue weighted by Gasteiger charge is 2.41. The highest BCUT2D eigenvalue weighted by atomic mass is 16.5. The summed E-state index contributed by atoms with van der Waals surface area (Å²) in [4.78, 5) is 19.7. The zero-order chi connectivity index (χ0) is 17.9. The molecule has 3 heterocycles. The number of aromatic nitrogens is 1. The van der Waals surface area contributed by atoms with Gasteiger partial charge in [-0.1, -0.05) is 30.3 Å². The number of ketones is 1. The van der Waals surface area contributed by atoms with E-state index in [0.29, 0.717) is 36.7 Å². The van der Waals surface area contributed by atoms with Crippen LogP contribution in [0.2, 0.25) is 0 Å². The molecule has 2 unspecified atom stereocenters. The fourth-order valence-electron chi connectivity index (χ4n) is 4.14. The van der Waals surface area contributed by atoms with E-state index in [1.54, 1.807) is 19.4 Å². The summed E-state index contributed by atoms with van der Waals surface area (Å²) >= 11 is 0. The predicted octanol–water partition coefficient (Wildman–Crippen LogP) is 2.95. The molecule has 26 heavy (non-hydrogen) atoms. The average molecular weight is 352 g/mol. The molecule has 2 bridgehead atoms. The monoisotopic (exact) mass is 352 g/mol. The molecule has 1 aromatic carbocycles. The molecule has 0 aliphatic carbocycles. The Balaban J connectivity index is 1.47. The Kier molecular flexibility index (Phi) is 5.00. The van der Waals surface area contributed by atoms with Gasteiger partial charge >= 0.3 is 0 Å². The van der Waals surface area contributed by atoms with Crippen LogP contribution in [0.15, 0.2) is 48.7 Å². The van der Waals surface area contributed by atoms with Gasteiger partial charge in [-0.3, -0.25) is 9.69 Å². The van der Waals surface area contributed by atoms with Crippen molar-refractivity contribution in [1.82, 2.24) is 9.88 Å². The molecule has 4 rings (SSSR count). The third-order valence-corrected chi connectivity index (χ3v) is 5.48. The van der Waals surface area contributed by atoms with Gasteiger partial charge in [-0.2, -0.15) is 0 Å². The maximum absolute atomic E-state index is 13.0. The first kappa shape index (κ1) is 17.2. The number of ether oxygens (including phenoxy) is 2. The molecule has 2 atom stereocenters. The van der Waals surface area contributed by atoms with Crippen molar-refractivity contribution in [3.63, 3.8) is 0 Å². The van der Waals surface area contributed by atoms with Crippen LogP contribution in [-0.4, -0.2) is 48.1 Å². The Bertz CT molecular complexity index is 734. The van der Waals surface area contributed by atoms with Crippen molar-refractivity contribution in [2.75, 3.05) is 20.3 Å². The summed E-state index contributed by atoms with van der Waals surface area (Å²) in [6, 6.07) is 14.7. The quantitative estimate of drug-likeness (QED) is 0.775. The topological polar surface area (TPSA) is 51.7 Å². The van der Waals surface area contributed by atoms with Crippen molar-refractivity contribution in [2.24, 2.45) is 5.92 Å². The van der Waals surface area contributed by atoms with Gasteiger partial charge in [0.1, 0.15) is 0 Å². The fourth-order valence-corrected chi connectivity index (χ4v) is 4.14. The van der Waals surface area contributed by atoms with Crippen LogP contribution in [0.5, 0.6) is 5.88 Å². The van der Waals surface area contributed by atoms with Gasteiger partial charge in [0, 0.05) is 42.4 Å². The first-order chi connectivity index (χ1) is 12.7. The second-order valence-corrected chi connectivity index (χ2v) is 7.12. The molecular weight excluding hydrogens is 328 g/mol. The number of hydrogen-bond donors (Lipinski definition) is 0. The standard InChI is InChI=1S/C21H24N2O3/c1-25-20-8-7-16(11-22-20)21(24)17-9-18-13-26-14-19(10-17)23(18)12-15-5-3-2-4-6-15/h2-8,11,17-19H,9-10,12-14H2,1H3. The number of pyridine rings is 1. The fraction of sp³-hybridized carbons (Fsp3) is 0.429. The van der Waals surface area contributed by atoms with Crippen LogP contribution in [-0.2, 0) is 11.3 Å². The summed E-state index contributed by atoms with van der Waals surface area (Å²) in [5, 5.41) is 0. The molecule has 1 aromatic heterocycles. The van der Waals surface area contributed by atoms with Crippen molar-refractivity contribution >= 4 is 5.78 Å². The van der Waals surface area contributed by atoms with Crippen LogP contribution < -0.4 is 4.74 Å². The molecule has 5 nitrogen and oxygen atoms in total. The van der Waals surface area contributed by atoms with Gasteiger partial charge in [-0.15, -0.1) is 0 Å². The Morgan fingerprint density at radius 2 is 1.88 bits per heavy atom. The number of methoxy groups -OCH3 is 1. The van der Waals surface area contributed by atoms with Gasteiger partial charge < -0.3 is 9.47 Å². The lowest BCUT2D eigenvalue weighted by molar-refractivity contribution is -0.0872. The largest absolute Gasteiger partial charge is 0.481 e. The van der Waals surface area contributed by atoms with Gasteiger partial charge in [0.15, 0.2) is 5.78 Å². The van der Waals surface area contributed by atoms with Gasteiger partial charge in [-0.05, 0) is 24.5 Å². The number of hydrogen-bond acceptors (Lipinski definition) is 5. The second-order valence-electron chi connectivity index (χ2n) is 7.12. The van der Waals surface area contributed by atoms with E-state index in [2.05, 4.69) is 34.1 Å². The first-order valence-electron chi connectivity index (χ1n) is 9.16. The van der Waals surface area contributed by atoms with E-state index >= 15 is 0 Å². The average Bonchev–Trinajstić information content (AvgIpc) is 2.68. The molecule has 0 spiro atoms. The molecule has 0 radical (unpaired) electrons. The molecule has 2 aliphatic heterocycles. The van der Waals surface area contributed by atoms with Crippen molar-refractivity contribution in [3.8, 4) is 5.88 Å². The van der Waals surface area contributed by atoms with Crippen molar-refractivity contribution in [1.29, 1.82) is 0 Å². The van der Waals surface area contributed by atoms with Gasteiger partial charge in [0.2, 0.25) is 5.88 Å². The van der Waals surface area contributed by atoms with Crippen LogP contribution >= 0.6 is 0 Å². The molecule has 5 heteroatoms. The third-order valence-electron chi connectivity index (χ3n) is 5.48. The Morgan fingerprint density at radius 3 is 2.50 bits per heavy atom. The Hall–Kier alpha value is -2.24. The zero-order valence-electron chi connectivity index (χ0n) is 15.0. The number of piperidine rings is 1. The molecule has 2 saturated heterocycles. The minimum Gasteiger partial charge on any atom is -0.481 e. The Labute approximate surface area is 153 Å². The number of morpholine rings is 1. The summed E-state index contributed by atoms with van der Waals surface area (Å²) < 4.78 is 10.9.